The molecule has 0 aromatic carbocycles. The zero-order chi connectivity index (χ0) is 10.6. The number of hydrogen-bond donors (Lipinski definition) is 1. The standard InChI is InChI=1S/C3H7NO.C3H5NO.C3H3NS/c2*1-2-5-3-4-1;1-2-4-5-3-1/h4H,1-3H2;3H,1-2H2;1-3H. The summed E-state index contributed by atoms with van der Waals surface area (Å²) in [6.45, 7) is 4.29. The van der Waals surface area contributed by atoms with Gasteiger partial charge in [0.15, 0.2) is 6.40 Å². The Hall–Kier alpha value is -0.980. The lowest BCUT2D eigenvalue weighted by Crippen LogP contribution is -2.05. The van der Waals surface area contributed by atoms with Crippen LogP contribution in [0.25, 0.3) is 0 Å². The highest BCUT2D eigenvalue weighted by molar-refractivity contribution is 7.03. The maximum absolute atomic E-state index is 4.83. The van der Waals surface area contributed by atoms with Gasteiger partial charge in [0, 0.05) is 18.1 Å². The summed E-state index contributed by atoms with van der Waals surface area (Å²) in [7, 11) is 0. The van der Waals surface area contributed by atoms with E-state index in [0.29, 0.717) is 0 Å². The molecule has 0 spiro atoms. The lowest BCUT2D eigenvalue weighted by Gasteiger charge is -1.76. The average Bonchev–Trinajstić information content (AvgIpc) is 3.09. The molecular weight excluding hydrogens is 214 g/mol. The van der Waals surface area contributed by atoms with Gasteiger partial charge in [-0.3, -0.25) is 10.3 Å². The summed E-state index contributed by atoms with van der Waals surface area (Å²) in [6, 6.07) is 1.91. The van der Waals surface area contributed by atoms with Crippen molar-refractivity contribution >= 4 is 17.9 Å². The Labute approximate surface area is 93.3 Å². The molecule has 1 aromatic heterocycles. The molecule has 3 heterocycles. The van der Waals surface area contributed by atoms with Gasteiger partial charge in [0.25, 0.3) is 0 Å². The minimum absolute atomic E-state index is 0.750. The van der Waals surface area contributed by atoms with Crippen molar-refractivity contribution in [2.45, 2.75) is 0 Å². The number of nitrogens with one attached hydrogen (secondary N) is 1. The van der Waals surface area contributed by atoms with Crippen LogP contribution in [0.15, 0.2) is 22.6 Å². The first-order chi connectivity index (χ1) is 7.50. The van der Waals surface area contributed by atoms with Gasteiger partial charge in [0.05, 0.1) is 19.9 Å². The van der Waals surface area contributed by atoms with Gasteiger partial charge in [-0.25, -0.2) is 4.37 Å². The Morgan fingerprint density at radius 3 is 2.53 bits per heavy atom. The summed E-state index contributed by atoms with van der Waals surface area (Å²) in [6.07, 6.45) is 3.25. The predicted molar refractivity (Wildman–Crippen MR) is 60.2 cm³/mol. The number of hydrogen-bond acceptors (Lipinski definition) is 6. The van der Waals surface area contributed by atoms with Crippen LogP contribution in [-0.4, -0.2) is 43.8 Å². The summed E-state index contributed by atoms with van der Waals surface area (Å²) < 4.78 is 13.2. The molecule has 1 aromatic rings. The quantitative estimate of drug-likeness (QED) is 0.713. The van der Waals surface area contributed by atoms with Crippen LogP contribution in [0.4, 0.5) is 0 Å². The van der Waals surface area contributed by atoms with E-state index in [-0.39, 0.29) is 0 Å². The van der Waals surface area contributed by atoms with Crippen molar-refractivity contribution in [3.05, 3.63) is 17.6 Å². The number of ether oxygens (including phenoxy) is 2. The highest BCUT2D eigenvalue weighted by Gasteiger charge is 1.92. The topological polar surface area (TPSA) is 55.7 Å². The van der Waals surface area contributed by atoms with E-state index in [1.165, 1.54) is 17.9 Å². The van der Waals surface area contributed by atoms with Gasteiger partial charge in [-0.05, 0) is 17.6 Å². The third kappa shape index (κ3) is 8.04. The summed E-state index contributed by atoms with van der Waals surface area (Å²) in [5.41, 5.74) is 0. The van der Waals surface area contributed by atoms with Gasteiger partial charge >= 0.3 is 0 Å². The van der Waals surface area contributed by atoms with Crippen molar-refractivity contribution < 1.29 is 9.47 Å². The molecule has 1 N–H and O–H groups in total. The largest absolute Gasteiger partial charge is 0.482 e. The zero-order valence-corrected chi connectivity index (χ0v) is 9.28. The Balaban J connectivity index is 0.000000112. The first-order valence-corrected chi connectivity index (χ1v) is 5.56. The SMILES string of the molecule is C1=NCCO1.C1COCN1.c1cnsc1. The molecule has 15 heavy (non-hydrogen) atoms. The molecule has 3 rings (SSSR count). The van der Waals surface area contributed by atoms with E-state index in [1.807, 2.05) is 11.4 Å². The minimum Gasteiger partial charge on any atom is -0.482 e. The Morgan fingerprint density at radius 2 is 2.33 bits per heavy atom. The third-order valence-corrected chi connectivity index (χ3v) is 1.98. The molecule has 84 valence electrons. The van der Waals surface area contributed by atoms with E-state index < -0.39 is 0 Å². The van der Waals surface area contributed by atoms with Gasteiger partial charge in [0.2, 0.25) is 0 Å². The van der Waals surface area contributed by atoms with Crippen LogP contribution in [-0.2, 0) is 9.47 Å². The first-order valence-electron chi connectivity index (χ1n) is 4.73. The molecule has 0 radical (unpaired) electrons. The fourth-order valence-electron chi connectivity index (χ4n) is 0.800. The first kappa shape index (κ1) is 12.1. The van der Waals surface area contributed by atoms with Gasteiger partial charge in [0.1, 0.15) is 6.61 Å². The molecule has 0 saturated carbocycles. The summed E-state index contributed by atoms with van der Waals surface area (Å²) in [4.78, 5) is 3.74. The number of aromatic nitrogens is 1. The monoisotopic (exact) mass is 229 g/mol. The predicted octanol–water partition coefficient (Wildman–Crippen LogP) is 0.752. The van der Waals surface area contributed by atoms with E-state index in [2.05, 4.69) is 19.4 Å². The molecular formula is C9H15N3O2S. The van der Waals surface area contributed by atoms with Crippen LogP contribution < -0.4 is 5.32 Å². The molecule has 1 fully saturated rings. The number of aliphatic imine (C=N–C) groups is 1. The van der Waals surface area contributed by atoms with E-state index in [4.69, 9.17) is 4.74 Å². The van der Waals surface area contributed by atoms with Crippen molar-refractivity contribution in [3.8, 4) is 0 Å². The van der Waals surface area contributed by atoms with Crippen molar-refractivity contribution in [1.82, 2.24) is 9.69 Å². The molecule has 0 atom stereocenters. The molecule has 0 unspecified atom stereocenters. The maximum Gasteiger partial charge on any atom is 0.169 e. The normalized spacial score (nSPS) is 17.1. The van der Waals surface area contributed by atoms with Crippen molar-refractivity contribution in [1.29, 1.82) is 0 Å². The van der Waals surface area contributed by atoms with Crippen LogP contribution in [0.3, 0.4) is 0 Å². The third-order valence-electron chi connectivity index (χ3n) is 1.46. The summed E-state index contributed by atoms with van der Waals surface area (Å²) in [5.74, 6) is 0. The Kier molecular flexibility index (Phi) is 7.71. The second kappa shape index (κ2) is 9.57. The summed E-state index contributed by atoms with van der Waals surface area (Å²) in [5, 5.41) is 4.93. The van der Waals surface area contributed by atoms with E-state index in [0.717, 1.165) is 33.0 Å². The fraction of sp³-hybridized carbons (Fsp3) is 0.556. The van der Waals surface area contributed by atoms with Gasteiger partial charge in [-0.15, -0.1) is 0 Å². The van der Waals surface area contributed by atoms with Crippen LogP contribution in [0.5, 0.6) is 0 Å². The molecule has 0 amide bonds. The second-order valence-electron chi connectivity index (χ2n) is 2.62. The lowest BCUT2D eigenvalue weighted by molar-refractivity contribution is 0.194. The van der Waals surface area contributed by atoms with Crippen LogP contribution in [0.2, 0.25) is 0 Å². The van der Waals surface area contributed by atoms with E-state index >= 15 is 0 Å². The molecule has 1 saturated heterocycles. The van der Waals surface area contributed by atoms with Crippen molar-refractivity contribution in [2.24, 2.45) is 4.99 Å². The minimum atomic E-state index is 0.750. The molecule has 6 heteroatoms. The summed E-state index contributed by atoms with van der Waals surface area (Å²) >= 11 is 1.46. The van der Waals surface area contributed by atoms with Gasteiger partial charge in [-0.1, -0.05) is 0 Å². The van der Waals surface area contributed by atoms with Crippen molar-refractivity contribution in [3.63, 3.8) is 0 Å². The highest BCUT2D eigenvalue weighted by Crippen LogP contribution is 1.84. The zero-order valence-electron chi connectivity index (χ0n) is 8.46. The second-order valence-corrected chi connectivity index (χ2v) is 3.32. The lowest BCUT2D eigenvalue weighted by atomic mass is 10.7. The fourth-order valence-corrected chi connectivity index (χ4v) is 1.15. The van der Waals surface area contributed by atoms with Crippen molar-refractivity contribution in [2.75, 3.05) is 33.0 Å². The number of rotatable bonds is 0. The molecule has 2 aliphatic rings. The van der Waals surface area contributed by atoms with E-state index in [1.54, 1.807) is 6.20 Å². The van der Waals surface area contributed by atoms with Gasteiger partial charge < -0.3 is 9.47 Å². The average molecular weight is 229 g/mol. The van der Waals surface area contributed by atoms with Gasteiger partial charge in [-0.2, -0.15) is 0 Å². The maximum atomic E-state index is 4.83. The molecule has 0 aliphatic carbocycles. The smallest absolute Gasteiger partial charge is 0.169 e. The van der Waals surface area contributed by atoms with Crippen LogP contribution >= 0.6 is 11.5 Å². The van der Waals surface area contributed by atoms with Crippen LogP contribution in [0.1, 0.15) is 0 Å². The Bertz CT molecular complexity index is 207. The Morgan fingerprint density at radius 1 is 1.33 bits per heavy atom. The molecule has 2 aliphatic heterocycles. The number of nitrogens with zero attached hydrogens (tertiary/aromatic N) is 2. The molecule has 0 bridgehead atoms. The highest BCUT2D eigenvalue weighted by atomic mass is 32.1. The van der Waals surface area contributed by atoms with Crippen LogP contribution in [0, 0.1) is 0 Å². The molecule has 5 nitrogen and oxygen atoms in total. The van der Waals surface area contributed by atoms with E-state index in [9.17, 15) is 0 Å².